The lowest BCUT2D eigenvalue weighted by Gasteiger charge is -2.27. The van der Waals surface area contributed by atoms with E-state index in [9.17, 15) is 19.2 Å². The molecule has 0 radical (unpaired) electrons. The number of ketones is 2. The van der Waals surface area contributed by atoms with Crippen molar-refractivity contribution < 1.29 is 23.9 Å². The molecule has 35 heavy (non-hydrogen) atoms. The number of carbonyl (C=O) groups excluding carboxylic acids is 4. The highest BCUT2D eigenvalue weighted by molar-refractivity contribution is 6.37. The summed E-state index contributed by atoms with van der Waals surface area (Å²) in [5, 5.41) is 0.416. The van der Waals surface area contributed by atoms with Crippen LogP contribution in [0.4, 0.5) is 5.69 Å². The number of ether oxygens (including phenoxy) is 1. The quantitative estimate of drug-likeness (QED) is 0.400. The molecule has 0 saturated carbocycles. The number of anilines is 1. The van der Waals surface area contributed by atoms with Crippen LogP contribution in [0.1, 0.15) is 44.9 Å². The smallest absolute Gasteiger partial charge is 0.241 e. The van der Waals surface area contributed by atoms with Gasteiger partial charge in [-0.1, -0.05) is 67.1 Å². The van der Waals surface area contributed by atoms with Gasteiger partial charge in [-0.25, -0.2) is 4.90 Å². The third-order valence-corrected chi connectivity index (χ3v) is 7.53. The number of fused-ring (bicyclic) bond motifs is 3. The molecule has 7 heteroatoms. The largest absolute Gasteiger partial charge is 0.349 e. The van der Waals surface area contributed by atoms with Gasteiger partial charge in [-0.3, -0.25) is 19.2 Å². The molecule has 2 amide bonds. The molecule has 2 heterocycles. The summed E-state index contributed by atoms with van der Waals surface area (Å²) in [6, 6.07) is 20.3. The number of rotatable bonds is 3. The number of carbonyl (C=O) groups is 4. The average molecular weight is 486 g/mol. The molecule has 3 unspecified atom stereocenters. The molecule has 3 aliphatic rings. The second-order valence-electron chi connectivity index (χ2n) is 9.07. The van der Waals surface area contributed by atoms with Gasteiger partial charge in [0.15, 0.2) is 0 Å². The molecule has 2 fully saturated rings. The fraction of sp³-hybridized carbons (Fsp3) is 0.214. The van der Waals surface area contributed by atoms with Crippen molar-refractivity contribution in [3.05, 3.63) is 100 Å². The van der Waals surface area contributed by atoms with Crippen molar-refractivity contribution >= 4 is 40.7 Å². The van der Waals surface area contributed by atoms with E-state index in [1.165, 1.54) is 0 Å². The van der Waals surface area contributed by atoms with Crippen LogP contribution in [0, 0.1) is 11.8 Å². The molecule has 6 nitrogen and oxygen atoms in total. The first-order chi connectivity index (χ1) is 16.9. The Kier molecular flexibility index (Phi) is 4.82. The van der Waals surface area contributed by atoms with Crippen LogP contribution in [0.3, 0.4) is 0 Å². The lowest BCUT2D eigenvalue weighted by molar-refractivity contribution is -0.127. The third-order valence-electron chi connectivity index (χ3n) is 7.30. The van der Waals surface area contributed by atoms with Crippen molar-refractivity contribution in [3.63, 3.8) is 0 Å². The number of hydrogen-bond acceptors (Lipinski definition) is 5. The molecule has 174 valence electrons. The summed E-state index contributed by atoms with van der Waals surface area (Å²) in [4.78, 5) is 56.3. The maximum absolute atomic E-state index is 13.9. The van der Waals surface area contributed by atoms with Crippen molar-refractivity contribution in [1.29, 1.82) is 0 Å². The number of imide groups is 1. The number of aryl methyl sites for hydroxylation is 1. The summed E-state index contributed by atoms with van der Waals surface area (Å²) in [6.07, 6.45) is -0.181. The molecule has 1 aliphatic carbocycles. The summed E-state index contributed by atoms with van der Waals surface area (Å²) in [7, 11) is 0. The monoisotopic (exact) mass is 485 g/mol. The van der Waals surface area contributed by atoms with Gasteiger partial charge in [0, 0.05) is 16.1 Å². The Labute approximate surface area is 206 Å². The van der Waals surface area contributed by atoms with Gasteiger partial charge in [-0.05, 0) is 41.8 Å². The van der Waals surface area contributed by atoms with Crippen molar-refractivity contribution in [2.45, 2.75) is 25.0 Å². The van der Waals surface area contributed by atoms with Gasteiger partial charge in [0.2, 0.25) is 29.0 Å². The highest BCUT2D eigenvalue weighted by atomic mass is 35.5. The summed E-state index contributed by atoms with van der Waals surface area (Å²) in [5.41, 5.74) is 0.308. The van der Waals surface area contributed by atoms with Gasteiger partial charge < -0.3 is 4.74 Å². The fourth-order valence-electron chi connectivity index (χ4n) is 5.64. The summed E-state index contributed by atoms with van der Waals surface area (Å²) in [6.45, 7) is 2.01. The Morgan fingerprint density at radius 3 is 2.11 bits per heavy atom. The molecule has 3 aromatic carbocycles. The number of hydrogen-bond donors (Lipinski definition) is 0. The van der Waals surface area contributed by atoms with E-state index in [4.69, 9.17) is 16.3 Å². The van der Waals surface area contributed by atoms with Crippen LogP contribution < -0.4 is 4.90 Å². The van der Waals surface area contributed by atoms with Crippen molar-refractivity contribution in [3.8, 4) is 0 Å². The third kappa shape index (κ3) is 2.87. The highest BCUT2D eigenvalue weighted by Gasteiger charge is 2.74. The number of benzene rings is 3. The van der Waals surface area contributed by atoms with Crippen LogP contribution in [-0.4, -0.2) is 29.0 Å². The van der Waals surface area contributed by atoms with Gasteiger partial charge in [-0.2, -0.15) is 0 Å². The van der Waals surface area contributed by atoms with Crippen molar-refractivity contribution in [2.24, 2.45) is 11.8 Å². The normalized spacial score (nSPS) is 24.4. The van der Waals surface area contributed by atoms with Crippen molar-refractivity contribution in [1.82, 2.24) is 0 Å². The van der Waals surface area contributed by atoms with E-state index >= 15 is 0 Å². The van der Waals surface area contributed by atoms with Crippen LogP contribution in [-0.2, 0) is 20.7 Å². The van der Waals surface area contributed by atoms with Crippen LogP contribution in [0.2, 0.25) is 5.02 Å². The molecular formula is C28H20ClNO5. The van der Waals surface area contributed by atoms with E-state index < -0.39 is 46.9 Å². The van der Waals surface area contributed by atoms with Crippen LogP contribution in [0.5, 0.6) is 0 Å². The van der Waals surface area contributed by atoms with Crippen LogP contribution in [0.25, 0.3) is 0 Å². The Balaban J connectivity index is 1.53. The fourth-order valence-corrected chi connectivity index (χ4v) is 5.84. The Bertz CT molecular complexity index is 1390. The molecule has 2 aliphatic heterocycles. The molecule has 0 bridgehead atoms. The summed E-state index contributed by atoms with van der Waals surface area (Å²) in [5.74, 6) is -4.60. The summed E-state index contributed by atoms with van der Waals surface area (Å²) < 4.78 is 6.26. The average Bonchev–Trinajstić information content (AvgIpc) is 3.44. The first kappa shape index (κ1) is 21.9. The number of Topliss-reactive ketones (excluding diaryl/α,β-unsaturated/α-hetero) is 2. The zero-order valence-corrected chi connectivity index (χ0v) is 19.5. The SMILES string of the molecule is CCc1ccc(N2C(=O)C3C(c4cccc(Cl)c4)OC4(C(=O)c5ccccc5C4=O)C3C2=O)cc1. The van der Waals surface area contributed by atoms with E-state index in [1.807, 2.05) is 19.1 Å². The van der Waals surface area contributed by atoms with Gasteiger partial charge in [0.1, 0.15) is 0 Å². The van der Waals surface area contributed by atoms with Crippen LogP contribution in [0.15, 0.2) is 72.8 Å². The molecule has 0 N–H and O–H groups in total. The number of halogens is 1. The van der Waals surface area contributed by atoms with Crippen molar-refractivity contribution in [2.75, 3.05) is 4.90 Å². The minimum atomic E-state index is -2.09. The van der Waals surface area contributed by atoms with Gasteiger partial charge in [-0.15, -0.1) is 0 Å². The van der Waals surface area contributed by atoms with E-state index in [2.05, 4.69) is 0 Å². The van der Waals surface area contributed by atoms with E-state index in [-0.39, 0.29) is 11.1 Å². The Hall–Kier alpha value is -3.61. The Morgan fingerprint density at radius 2 is 1.51 bits per heavy atom. The van der Waals surface area contributed by atoms with Gasteiger partial charge >= 0.3 is 0 Å². The lowest BCUT2D eigenvalue weighted by atomic mass is 9.77. The minimum Gasteiger partial charge on any atom is -0.349 e. The number of nitrogens with zero attached hydrogens (tertiary/aromatic N) is 1. The Morgan fingerprint density at radius 1 is 0.857 bits per heavy atom. The van der Waals surface area contributed by atoms with E-state index in [0.29, 0.717) is 16.3 Å². The van der Waals surface area contributed by atoms with E-state index in [0.717, 1.165) is 16.9 Å². The van der Waals surface area contributed by atoms with Gasteiger partial charge in [0.25, 0.3) is 0 Å². The maximum atomic E-state index is 13.9. The maximum Gasteiger partial charge on any atom is 0.241 e. The second kappa shape index (κ2) is 7.70. The second-order valence-corrected chi connectivity index (χ2v) is 9.50. The topological polar surface area (TPSA) is 80.8 Å². The molecular weight excluding hydrogens is 466 g/mol. The minimum absolute atomic E-state index is 0.203. The predicted octanol–water partition coefficient (Wildman–Crippen LogP) is 4.60. The first-order valence-corrected chi connectivity index (χ1v) is 11.8. The molecule has 0 aromatic heterocycles. The highest BCUT2D eigenvalue weighted by Crippen LogP contribution is 2.57. The van der Waals surface area contributed by atoms with Gasteiger partial charge in [0.05, 0.1) is 23.6 Å². The molecule has 3 aromatic rings. The summed E-state index contributed by atoms with van der Waals surface area (Å²) >= 11 is 6.21. The predicted molar refractivity (Wildman–Crippen MR) is 128 cm³/mol. The zero-order valence-electron chi connectivity index (χ0n) is 18.7. The molecule has 1 spiro atoms. The molecule has 3 atom stereocenters. The first-order valence-electron chi connectivity index (χ1n) is 11.5. The zero-order chi connectivity index (χ0) is 24.5. The molecule has 6 rings (SSSR count). The van der Waals surface area contributed by atoms with E-state index in [1.54, 1.807) is 60.7 Å². The number of amides is 2. The molecule has 2 saturated heterocycles. The standard InChI is InChI=1S/C28H20ClNO5/c1-2-15-10-12-18(13-11-15)30-26(33)21-22(27(30)34)28(35-23(21)16-6-5-7-17(29)14-16)24(31)19-8-3-4-9-20(19)25(28)32/h3-14,21-23H,2H2,1H3. The van der Waals surface area contributed by atoms with Crippen LogP contribution >= 0.6 is 11.6 Å². The lowest BCUT2D eigenvalue weighted by Crippen LogP contribution is -2.51.